The predicted octanol–water partition coefficient (Wildman–Crippen LogP) is 4.35. The number of rotatable bonds is 6. The zero-order chi connectivity index (χ0) is 19.4. The summed E-state index contributed by atoms with van der Waals surface area (Å²) in [7, 11) is 0. The van der Waals surface area contributed by atoms with Crippen LogP contribution < -0.4 is 5.32 Å². The SMILES string of the molecule is Cc1ccc(C(=O)Nc2nnc(CC(C)c3ccccc3)s2)cc1[N+](=O)[O-]. The van der Waals surface area contributed by atoms with E-state index in [0.717, 1.165) is 5.01 Å². The zero-order valence-electron chi connectivity index (χ0n) is 14.9. The van der Waals surface area contributed by atoms with E-state index >= 15 is 0 Å². The monoisotopic (exact) mass is 382 g/mol. The molecule has 1 amide bonds. The molecular weight excluding hydrogens is 364 g/mol. The Balaban J connectivity index is 1.68. The van der Waals surface area contributed by atoms with Gasteiger partial charge in [0.05, 0.1) is 4.92 Å². The molecule has 3 aromatic rings. The summed E-state index contributed by atoms with van der Waals surface area (Å²) in [5.74, 6) is -0.167. The van der Waals surface area contributed by atoms with E-state index in [2.05, 4.69) is 34.6 Å². The van der Waals surface area contributed by atoms with Gasteiger partial charge >= 0.3 is 0 Å². The van der Waals surface area contributed by atoms with Crippen LogP contribution in [-0.2, 0) is 6.42 Å². The molecule has 1 heterocycles. The summed E-state index contributed by atoms with van der Waals surface area (Å²) in [6.45, 7) is 3.74. The first-order valence-corrected chi connectivity index (χ1v) is 9.19. The summed E-state index contributed by atoms with van der Waals surface area (Å²) >= 11 is 1.30. The van der Waals surface area contributed by atoms with E-state index in [1.165, 1.54) is 23.0 Å². The number of hydrogen-bond donors (Lipinski definition) is 1. The number of nitro benzene ring substituents is 1. The van der Waals surface area contributed by atoms with E-state index < -0.39 is 10.8 Å². The fraction of sp³-hybridized carbons (Fsp3) is 0.211. The summed E-state index contributed by atoms with van der Waals surface area (Å²) < 4.78 is 0. The highest BCUT2D eigenvalue weighted by Crippen LogP contribution is 2.25. The number of amides is 1. The Morgan fingerprint density at radius 3 is 2.67 bits per heavy atom. The van der Waals surface area contributed by atoms with Crippen LogP contribution in [0.1, 0.15) is 39.3 Å². The Labute approximate surface area is 160 Å². The lowest BCUT2D eigenvalue weighted by Crippen LogP contribution is -2.12. The molecular formula is C19H18N4O3S. The summed E-state index contributed by atoms with van der Waals surface area (Å²) in [5, 5.41) is 23.0. The maximum atomic E-state index is 12.4. The molecule has 0 aliphatic heterocycles. The smallest absolute Gasteiger partial charge is 0.273 e. The van der Waals surface area contributed by atoms with Gasteiger partial charge in [-0.25, -0.2) is 0 Å². The Morgan fingerprint density at radius 2 is 1.96 bits per heavy atom. The molecule has 27 heavy (non-hydrogen) atoms. The van der Waals surface area contributed by atoms with Crippen LogP contribution in [0.15, 0.2) is 48.5 Å². The molecule has 1 atom stereocenters. The lowest BCUT2D eigenvalue weighted by atomic mass is 9.98. The Hall–Kier alpha value is -3.13. The molecule has 7 nitrogen and oxygen atoms in total. The summed E-state index contributed by atoms with van der Waals surface area (Å²) in [6.07, 6.45) is 0.716. The van der Waals surface area contributed by atoms with Crippen molar-refractivity contribution >= 4 is 28.1 Å². The van der Waals surface area contributed by atoms with Gasteiger partial charge in [0.2, 0.25) is 5.13 Å². The second-order valence-corrected chi connectivity index (χ2v) is 7.29. The molecule has 138 valence electrons. The number of nitrogens with zero attached hydrogens (tertiary/aromatic N) is 3. The van der Waals surface area contributed by atoms with Crippen molar-refractivity contribution in [2.45, 2.75) is 26.2 Å². The molecule has 1 aromatic heterocycles. The van der Waals surface area contributed by atoms with E-state index in [9.17, 15) is 14.9 Å². The maximum Gasteiger partial charge on any atom is 0.273 e. The summed E-state index contributed by atoms with van der Waals surface area (Å²) in [4.78, 5) is 22.9. The van der Waals surface area contributed by atoms with Crippen LogP contribution in [0.2, 0.25) is 0 Å². The van der Waals surface area contributed by atoms with Gasteiger partial charge in [0.15, 0.2) is 0 Å². The first-order valence-electron chi connectivity index (χ1n) is 8.37. The number of nitrogens with one attached hydrogen (secondary N) is 1. The Morgan fingerprint density at radius 1 is 1.22 bits per heavy atom. The fourth-order valence-corrected chi connectivity index (χ4v) is 3.53. The largest absolute Gasteiger partial charge is 0.296 e. The van der Waals surface area contributed by atoms with Crippen molar-refractivity contribution in [2.75, 3.05) is 5.32 Å². The van der Waals surface area contributed by atoms with E-state index in [0.29, 0.717) is 17.1 Å². The topological polar surface area (TPSA) is 98.0 Å². The molecule has 0 saturated carbocycles. The minimum absolute atomic E-state index is 0.0858. The van der Waals surface area contributed by atoms with Crippen molar-refractivity contribution < 1.29 is 9.72 Å². The van der Waals surface area contributed by atoms with E-state index in [4.69, 9.17) is 0 Å². The van der Waals surface area contributed by atoms with Crippen LogP contribution in [0.5, 0.6) is 0 Å². The Bertz CT molecular complexity index is 972. The minimum atomic E-state index is -0.500. The molecule has 0 fully saturated rings. The molecule has 0 bridgehead atoms. The van der Waals surface area contributed by atoms with Gasteiger partial charge < -0.3 is 0 Å². The molecule has 0 radical (unpaired) electrons. The van der Waals surface area contributed by atoms with Gasteiger partial charge in [-0.3, -0.25) is 20.2 Å². The van der Waals surface area contributed by atoms with Gasteiger partial charge in [0, 0.05) is 23.6 Å². The van der Waals surface area contributed by atoms with Crippen LogP contribution in [-0.4, -0.2) is 21.0 Å². The van der Waals surface area contributed by atoms with Gasteiger partial charge in [0.25, 0.3) is 11.6 Å². The second kappa shape index (κ2) is 8.05. The first kappa shape index (κ1) is 18.7. The maximum absolute atomic E-state index is 12.4. The average molecular weight is 382 g/mol. The third-order valence-corrected chi connectivity index (χ3v) is 5.07. The molecule has 0 saturated heterocycles. The van der Waals surface area contributed by atoms with Crippen LogP contribution in [0.4, 0.5) is 10.8 Å². The van der Waals surface area contributed by atoms with Crippen LogP contribution >= 0.6 is 11.3 Å². The normalized spacial score (nSPS) is 11.8. The highest BCUT2D eigenvalue weighted by atomic mass is 32.1. The molecule has 1 unspecified atom stereocenters. The van der Waals surface area contributed by atoms with Gasteiger partial charge in [-0.05, 0) is 24.5 Å². The quantitative estimate of drug-likeness (QED) is 0.505. The molecule has 3 rings (SSSR count). The standard InChI is InChI=1S/C19H18N4O3S/c1-12-8-9-15(11-16(12)23(25)26)18(24)20-19-22-21-17(27-19)10-13(2)14-6-4-3-5-7-14/h3-9,11,13H,10H2,1-2H3,(H,20,22,24). The third-order valence-electron chi connectivity index (χ3n) is 4.20. The second-order valence-electron chi connectivity index (χ2n) is 6.23. The Kier molecular flexibility index (Phi) is 5.56. The van der Waals surface area contributed by atoms with Gasteiger partial charge in [0.1, 0.15) is 5.01 Å². The molecule has 2 aromatic carbocycles. The number of aromatic nitrogens is 2. The zero-order valence-corrected chi connectivity index (χ0v) is 15.7. The number of anilines is 1. The van der Waals surface area contributed by atoms with E-state index in [-0.39, 0.29) is 17.2 Å². The van der Waals surface area contributed by atoms with Gasteiger partial charge in [-0.2, -0.15) is 0 Å². The fourth-order valence-electron chi connectivity index (χ4n) is 2.66. The summed E-state index contributed by atoms with van der Waals surface area (Å²) in [6, 6.07) is 14.5. The molecule has 0 spiro atoms. The number of nitro groups is 1. The van der Waals surface area contributed by atoms with Crippen molar-refractivity contribution in [2.24, 2.45) is 0 Å². The van der Waals surface area contributed by atoms with Crippen molar-refractivity contribution in [1.29, 1.82) is 0 Å². The van der Waals surface area contributed by atoms with Crippen LogP contribution in [0.25, 0.3) is 0 Å². The molecule has 0 aliphatic carbocycles. The lowest BCUT2D eigenvalue weighted by molar-refractivity contribution is -0.385. The van der Waals surface area contributed by atoms with E-state index in [1.54, 1.807) is 19.1 Å². The minimum Gasteiger partial charge on any atom is -0.296 e. The molecule has 0 aliphatic rings. The predicted molar refractivity (Wildman–Crippen MR) is 104 cm³/mol. The number of hydrogen-bond acceptors (Lipinski definition) is 6. The summed E-state index contributed by atoms with van der Waals surface area (Å²) in [5.41, 5.74) is 1.84. The number of aryl methyl sites for hydroxylation is 1. The number of carbonyl (C=O) groups excluding carboxylic acids is 1. The van der Waals surface area contributed by atoms with Crippen LogP contribution in [0, 0.1) is 17.0 Å². The van der Waals surface area contributed by atoms with Gasteiger partial charge in [-0.1, -0.05) is 54.7 Å². The molecule has 1 N–H and O–H groups in total. The number of carbonyl (C=O) groups is 1. The lowest BCUT2D eigenvalue weighted by Gasteiger charge is -2.08. The first-order chi connectivity index (χ1) is 12.9. The third kappa shape index (κ3) is 4.53. The average Bonchev–Trinajstić information content (AvgIpc) is 3.09. The molecule has 8 heteroatoms. The highest BCUT2D eigenvalue weighted by Gasteiger charge is 2.17. The van der Waals surface area contributed by atoms with Crippen molar-refractivity contribution in [3.63, 3.8) is 0 Å². The highest BCUT2D eigenvalue weighted by molar-refractivity contribution is 7.15. The van der Waals surface area contributed by atoms with Crippen molar-refractivity contribution in [1.82, 2.24) is 10.2 Å². The number of benzene rings is 2. The van der Waals surface area contributed by atoms with Crippen molar-refractivity contribution in [3.05, 3.63) is 80.3 Å². The van der Waals surface area contributed by atoms with Crippen LogP contribution in [0.3, 0.4) is 0 Å². The van der Waals surface area contributed by atoms with Crippen molar-refractivity contribution in [3.8, 4) is 0 Å². The van der Waals surface area contributed by atoms with E-state index in [1.807, 2.05) is 18.2 Å². The van der Waals surface area contributed by atoms with Gasteiger partial charge in [-0.15, -0.1) is 10.2 Å².